The van der Waals surface area contributed by atoms with Crippen LogP contribution in [0.5, 0.6) is 0 Å². The first-order valence-electron chi connectivity index (χ1n) is 11.7. The molecule has 1 heterocycles. The van der Waals surface area contributed by atoms with Gasteiger partial charge in [-0.1, -0.05) is 48.5 Å². The number of carbonyl (C=O) groups excluding carboxylic acids is 3. The monoisotopic (exact) mass is 479 g/mol. The molecule has 2 aliphatic rings. The number of carboxylic acids is 1. The van der Waals surface area contributed by atoms with Gasteiger partial charge in [-0.05, 0) is 36.1 Å². The van der Waals surface area contributed by atoms with Crippen LogP contribution >= 0.6 is 0 Å². The molecule has 2 aromatic rings. The van der Waals surface area contributed by atoms with Gasteiger partial charge in [0.25, 0.3) is 0 Å². The van der Waals surface area contributed by atoms with Crippen LogP contribution in [0.4, 0.5) is 4.79 Å². The minimum atomic E-state index is -1.08. The van der Waals surface area contributed by atoms with Crippen LogP contribution in [-0.4, -0.2) is 77.1 Å². The minimum absolute atomic E-state index is 0.00591. The van der Waals surface area contributed by atoms with E-state index in [1.165, 1.54) is 16.7 Å². The number of hydrogen-bond donors (Lipinski definition) is 2. The topological polar surface area (TPSA) is 116 Å². The lowest BCUT2D eigenvalue weighted by atomic mass is 9.98. The molecule has 0 saturated carbocycles. The molecule has 0 bridgehead atoms. The maximum atomic E-state index is 12.6. The molecule has 1 fully saturated rings. The first-order valence-corrected chi connectivity index (χ1v) is 11.7. The highest BCUT2D eigenvalue weighted by Crippen LogP contribution is 2.44. The van der Waals surface area contributed by atoms with Crippen molar-refractivity contribution in [2.75, 3.05) is 26.2 Å². The van der Waals surface area contributed by atoms with Gasteiger partial charge in [0.2, 0.25) is 11.8 Å². The SMILES string of the molecule is CC(C(=O)O)N1CCN(C(=O)C[C@H](C)NC(=O)OCC2c3ccccc3-c3ccccc32)CC1=O. The average molecular weight is 480 g/mol. The number of nitrogens with one attached hydrogen (secondary N) is 1. The number of ether oxygens (including phenoxy) is 1. The van der Waals surface area contributed by atoms with E-state index >= 15 is 0 Å². The molecule has 0 spiro atoms. The van der Waals surface area contributed by atoms with Gasteiger partial charge in [-0.2, -0.15) is 0 Å². The van der Waals surface area contributed by atoms with Gasteiger partial charge >= 0.3 is 12.1 Å². The fourth-order valence-electron chi connectivity index (χ4n) is 4.73. The number of nitrogens with zero attached hydrogens (tertiary/aromatic N) is 2. The summed E-state index contributed by atoms with van der Waals surface area (Å²) in [6.07, 6.45) is -0.602. The lowest BCUT2D eigenvalue weighted by Crippen LogP contribution is -2.56. The predicted molar refractivity (Wildman–Crippen MR) is 128 cm³/mol. The van der Waals surface area contributed by atoms with Crippen LogP contribution in [0.2, 0.25) is 0 Å². The van der Waals surface area contributed by atoms with E-state index in [0.29, 0.717) is 0 Å². The maximum Gasteiger partial charge on any atom is 0.407 e. The average Bonchev–Trinajstić information content (AvgIpc) is 3.15. The number of amides is 3. The highest BCUT2D eigenvalue weighted by atomic mass is 16.5. The van der Waals surface area contributed by atoms with Crippen molar-refractivity contribution in [1.29, 1.82) is 0 Å². The van der Waals surface area contributed by atoms with E-state index in [-0.39, 0.29) is 44.5 Å². The summed E-state index contributed by atoms with van der Waals surface area (Å²) in [6.45, 7) is 3.56. The maximum absolute atomic E-state index is 12.6. The van der Waals surface area contributed by atoms with Crippen LogP contribution < -0.4 is 5.32 Å². The van der Waals surface area contributed by atoms with Crippen molar-refractivity contribution in [3.63, 3.8) is 0 Å². The van der Waals surface area contributed by atoms with Gasteiger partial charge in [-0.25, -0.2) is 9.59 Å². The van der Waals surface area contributed by atoms with Gasteiger partial charge < -0.3 is 25.0 Å². The van der Waals surface area contributed by atoms with E-state index in [1.54, 1.807) is 6.92 Å². The minimum Gasteiger partial charge on any atom is -0.480 e. The molecule has 1 aliphatic heterocycles. The number of alkyl carbamates (subject to hydrolysis) is 1. The third-order valence-corrected chi connectivity index (χ3v) is 6.62. The summed E-state index contributed by atoms with van der Waals surface area (Å²) < 4.78 is 5.53. The molecule has 184 valence electrons. The van der Waals surface area contributed by atoms with E-state index in [9.17, 15) is 19.2 Å². The largest absolute Gasteiger partial charge is 0.480 e. The molecule has 1 saturated heterocycles. The van der Waals surface area contributed by atoms with Crippen LogP contribution in [0.1, 0.15) is 37.3 Å². The Morgan fingerprint density at radius 1 is 1.03 bits per heavy atom. The molecule has 0 aromatic heterocycles. The quantitative estimate of drug-likeness (QED) is 0.630. The Kier molecular flexibility index (Phi) is 7.04. The number of piperazine rings is 1. The van der Waals surface area contributed by atoms with Gasteiger partial charge in [0, 0.05) is 31.5 Å². The zero-order valence-electron chi connectivity index (χ0n) is 19.8. The van der Waals surface area contributed by atoms with Crippen LogP contribution in [0.15, 0.2) is 48.5 Å². The lowest BCUT2D eigenvalue weighted by Gasteiger charge is -2.36. The fourth-order valence-corrected chi connectivity index (χ4v) is 4.73. The summed E-state index contributed by atoms with van der Waals surface area (Å²) >= 11 is 0. The molecular formula is C26H29N3O6. The molecule has 2 atom stereocenters. The second kappa shape index (κ2) is 10.2. The molecule has 1 unspecified atom stereocenters. The van der Waals surface area contributed by atoms with E-state index in [2.05, 4.69) is 17.4 Å². The van der Waals surface area contributed by atoms with Gasteiger partial charge in [0.05, 0.1) is 6.54 Å². The van der Waals surface area contributed by atoms with Crippen LogP contribution in [0, 0.1) is 0 Å². The summed E-state index contributed by atoms with van der Waals surface area (Å²) in [4.78, 5) is 51.2. The standard InChI is InChI=1S/C26H29N3O6/c1-16(13-23(30)28-11-12-29(24(31)14-28)17(2)25(32)33)27-26(34)35-15-22-20-9-5-3-7-18(20)19-8-4-6-10-21(19)22/h3-10,16-17,22H,11-15H2,1-2H3,(H,27,34)(H,32,33)/t16-,17?/m0/s1. The van der Waals surface area contributed by atoms with Crippen LogP contribution in [0.3, 0.4) is 0 Å². The van der Waals surface area contributed by atoms with Crippen molar-refractivity contribution in [2.45, 2.75) is 38.3 Å². The van der Waals surface area contributed by atoms with E-state index in [4.69, 9.17) is 9.84 Å². The summed E-state index contributed by atoms with van der Waals surface area (Å²) in [7, 11) is 0. The molecule has 2 N–H and O–H groups in total. The normalized spacial score (nSPS) is 16.8. The van der Waals surface area contributed by atoms with Gasteiger partial charge in [0.15, 0.2) is 0 Å². The molecule has 0 radical (unpaired) electrons. The highest BCUT2D eigenvalue weighted by Gasteiger charge is 2.33. The number of carboxylic acid groups (broad SMARTS) is 1. The van der Waals surface area contributed by atoms with Gasteiger partial charge in [-0.15, -0.1) is 0 Å². The van der Waals surface area contributed by atoms with E-state index < -0.39 is 30.1 Å². The summed E-state index contributed by atoms with van der Waals surface area (Å²) in [5.41, 5.74) is 4.52. The Morgan fingerprint density at radius 3 is 2.20 bits per heavy atom. The first-order chi connectivity index (χ1) is 16.8. The van der Waals surface area contributed by atoms with Gasteiger partial charge in [-0.3, -0.25) is 9.59 Å². The Labute approximate surface area is 203 Å². The molecule has 3 amide bonds. The fraction of sp³-hybridized carbons (Fsp3) is 0.385. The van der Waals surface area contributed by atoms with Crippen molar-refractivity contribution in [3.8, 4) is 11.1 Å². The van der Waals surface area contributed by atoms with Gasteiger partial charge in [0.1, 0.15) is 12.6 Å². The number of benzene rings is 2. The molecule has 9 nitrogen and oxygen atoms in total. The molecular weight excluding hydrogens is 450 g/mol. The second-order valence-corrected chi connectivity index (χ2v) is 8.99. The Bertz CT molecular complexity index is 1100. The number of rotatable bonds is 7. The number of fused-ring (bicyclic) bond motifs is 3. The number of hydrogen-bond acceptors (Lipinski definition) is 5. The summed E-state index contributed by atoms with van der Waals surface area (Å²) in [5.74, 6) is -1.83. The third-order valence-electron chi connectivity index (χ3n) is 6.62. The molecule has 35 heavy (non-hydrogen) atoms. The lowest BCUT2D eigenvalue weighted by molar-refractivity contribution is -0.154. The summed E-state index contributed by atoms with van der Waals surface area (Å²) in [6, 6.07) is 14.7. The van der Waals surface area contributed by atoms with Crippen LogP contribution in [-0.2, 0) is 19.1 Å². The Morgan fingerprint density at radius 2 is 1.63 bits per heavy atom. The third kappa shape index (κ3) is 5.13. The second-order valence-electron chi connectivity index (χ2n) is 8.99. The molecule has 9 heteroatoms. The van der Waals surface area contributed by atoms with Crippen molar-refractivity contribution < 1.29 is 29.0 Å². The zero-order valence-corrected chi connectivity index (χ0v) is 19.8. The molecule has 1 aliphatic carbocycles. The smallest absolute Gasteiger partial charge is 0.407 e. The Balaban J connectivity index is 1.27. The predicted octanol–water partition coefficient (Wildman–Crippen LogP) is 2.45. The van der Waals surface area contributed by atoms with E-state index in [1.807, 2.05) is 36.4 Å². The zero-order chi connectivity index (χ0) is 25.1. The van der Waals surface area contributed by atoms with Crippen molar-refractivity contribution in [3.05, 3.63) is 59.7 Å². The van der Waals surface area contributed by atoms with Crippen molar-refractivity contribution in [1.82, 2.24) is 15.1 Å². The summed E-state index contributed by atoms with van der Waals surface area (Å²) in [5, 5.41) is 11.8. The molecule has 2 aromatic carbocycles. The number of carbonyl (C=O) groups is 4. The highest BCUT2D eigenvalue weighted by molar-refractivity contribution is 5.89. The Hall–Kier alpha value is -3.88. The first kappa shape index (κ1) is 24.3. The number of aliphatic carboxylic acids is 1. The van der Waals surface area contributed by atoms with Crippen molar-refractivity contribution >= 4 is 23.9 Å². The van der Waals surface area contributed by atoms with E-state index in [0.717, 1.165) is 22.3 Å². The van der Waals surface area contributed by atoms with Crippen LogP contribution in [0.25, 0.3) is 11.1 Å². The molecule has 4 rings (SSSR count). The van der Waals surface area contributed by atoms with Crippen molar-refractivity contribution in [2.24, 2.45) is 0 Å².